The second kappa shape index (κ2) is 8.11. The number of methoxy groups -OCH3 is 1. The minimum atomic E-state index is -0.258. The second-order valence-electron chi connectivity index (χ2n) is 5.81. The van der Waals surface area contributed by atoms with Crippen molar-refractivity contribution in [3.8, 4) is 5.75 Å². The van der Waals surface area contributed by atoms with Gasteiger partial charge in [0.25, 0.3) is 5.91 Å². The minimum absolute atomic E-state index is 0.258. The van der Waals surface area contributed by atoms with Gasteiger partial charge in [0.2, 0.25) is 0 Å². The van der Waals surface area contributed by atoms with E-state index in [0.29, 0.717) is 12.4 Å². The molecule has 26 heavy (non-hydrogen) atoms. The topological polar surface area (TPSA) is 76.1 Å². The largest absolute Gasteiger partial charge is 0.497 e. The number of aromatic nitrogens is 2. The molecule has 0 saturated carbocycles. The van der Waals surface area contributed by atoms with E-state index in [2.05, 4.69) is 20.6 Å². The number of hydrogen-bond acceptors (Lipinski definition) is 5. The average Bonchev–Trinajstić information content (AvgIpc) is 2.68. The summed E-state index contributed by atoms with van der Waals surface area (Å²) in [6, 6.07) is 15.5. The highest BCUT2D eigenvalue weighted by Crippen LogP contribution is 2.19. The molecule has 2 N–H and O–H groups in total. The Bertz CT molecular complexity index is 877. The van der Waals surface area contributed by atoms with Gasteiger partial charge >= 0.3 is 0 Å². The van der Waals surface area contributed by atoms with Gasteiger partial charge in [-0.1, -0.05) is 35.9 Å². The second-order valence-corrected chi connectivity index (χ2v) is 5.81. The predicted octanol–water partition coefficient (Wildman–Crippen LogP) is 3.47. The third kappa shape index (κ3) is 4.57. The van der Waals surface area contributed by atoms with E-state index < -0.39 is 0 Å². The van der Waals surface area contributed by atoms with E-state index in [0.717, 1.165) is 17.0 Å². The highest BCUT2D eigenvalue weighted by Gasteiger charge is 2.08. The molecule has 132 valence electrons. The molecule has 0 aliphatic heterocycles. The summed E-state index contributed by atoms with van der Waals surface area (Å²) in [5.41, 5.74) is 3.32. The zero-order valence-corrected chi connectivity index (χ0v) is 14.7. The first-order chi connectivity index (χ1) is 12.6. The molecule has 0 radical (unpaired) electrons. The number of amides is 1. The molecule has 1 aromatic heterocycles. The number of benzene rings is 2. The highest BCUT2D eigenvalue weighted by atomic mass is 16.5. The molecule has 1 heterocycles. The Kier molecular flexibility index (Phi) is 5.43. The fraction of sp³-hybridized carbons (Fsp3) is 0.150. The monoisotopic (exact) mass is 348 g/mol. The molecule has 3 rings (SSSR count). The SMILES string of the molecule is COc1cccc(Nc2cnc(C(=O)NCc3ccc(C)cc3)cn2)c1. The van der Waals surface area contributed by atoms with Crippen molar-refractivity contribution in [2.45, 2.75) is 13.5 Å². The van der Waals surface area contributed by atoms with Gasteiger partial charge in [-0.15, -0.1) is 0 Å². The van der Waals surface area contributed by atoms with Gasteiger partial charge in [-0.05, 0) is 24.6 Å². The van der Waals surface area contributed by atoms with Crippen molar-refractivity contribution < 1.29 is 9.53 Å². The van der Waals surface area contributed by atoms with Crippen LogP contribution in [0.25, 0.3) is 0 Å². The van der Waals surface area contributed by atoms with Crippen LogP contribution in [0, 0.1) is 6.92 Å². The van der Waals surface area contributed by atoms with Gasteiger partial charge in [0, 0.05) is 18.3 Å². The number of anilines is 2. The molecule has 0 unspecified atom stereocenters. The predicted molar refractivity (Wildman–Crippen MR) is 101 cm³/mol. The van der Waals surface area contributed by atoms with Crippen LogP contribution in [0.5, 0.6) is 5.75 Å². The van der Waals surface area contributed by atoms with Crippen LogP contribution in [0.1, 0.15) is 21.6 Å². The Hall–Kier alpha value is -3.41. The van der Waals surface area contributed by atoms with Crippen molar-refractivity contribution in [3.05, 3.63) is 77.7 Å². The van der Waals surface area contributed by atoms with Gasteiger partial charge in [0.15, 0.2) is 0 Å². The number of nitrogens with one attached hydrogen (secondary N) is 2. The fourth-order valence-electron chi connectivity index (χ4n) is 2.34. The normalized spacial score (nSPS) is 10.2. The molecule has 0 atom stereocenters. The summed E-state index contributed by atoms with van der Waals surface area (Å²) in [5, 5.41) is 5.96. The van der Waals surface area contributed by atoms with Crippen molar-refractivity contribution in [1.29, 1.82) is 0 Å². The highest BCUT2D eigenvalue weighted by molar-refractivity contribution is 5.92. The van der Waals surface area contributed by atoms with E-state index in [-0.39, 0.29) is 11.6 Å². The first-order valence-corrected chi connectivity index (χ1v) is 8.21. The summed E-state index contributed by atoms with van der Waals surface area (Å²) in [5.74, 6) is 1.04. The molecule has 0 aliphatic carbocycles. The number of ether oxygens (including phenoxy) is 1. The first-order valence-electron chi connectivity index (χ1n) is 8.21. The van der Waals surface area contributed by atoms with Crippen LogP contribution < -0.4 is 15.4 Å². The maximum absolute atomic E-state index is 12.2. The van der Waals surface area contributed by atoms with E-state index in [4.69, 9.17) is 4.74 Å². The lowest BCUT2D eigenvalue weighted by molar-refractivity contribution is 0.0945. The van der Waals surface area contributed by atoms with Gasteiger partial charge in [-0.25, -0.2) is 9.97 Å². The van der Waals surface area contributed by atoms with Crippen molar-refractivity contribution >= 4 is 17.4 Å². The number of carbonyl (C=O) groups excluding carboxylic acids is 1. The summed E-state index contributed by atoms with van der Waals surface area (Å²) in [4.78, 5) is 20.6. The zero-order valence-electron chi connectivity index (χ0n) is 14.7. The van der Waals surface area contributed by atoms with E-state index in [1.54, 1.807) is 7.11 Å². The summed E-state index contributed by atoms with van der Waals surface area (Å²) < 4.78 is 5.18. The maximum Gasteiger partial charge on any atom is 0.271 e. The lowest BCUT2D eigenvalue weighted by atomic mass is 10.1. The van der Waals surface area contributed by atoms with Crippen LogP contribution in [0.3, 0.4) is 0 Å². The lowest BCUT2D eigenvalue weighted by Crippen LogP contribution is -2.24. The molecule has 3 aromatic rings. The van der Waals surface area contributed by atoms with Gasteiger partial charge in [0.1, 0.15) is 17.3 Å². The Balaban J connectivity index is 1.59. The third-order valence-corrected chi connectivity index (χ3v) is 3.80. The van der Waals surface area contributed by atoms with Crippen LogP contribution in [-0.4, -0.2) is 23.0 Å². The molecular weight excluding hydrogens is 328 g/mol. The van der Waals surface area contributed by atoms with Gasteiger partial charge in [-0.3, -0.25) is 4.79 Å². The molecule has 0 fully saturated rings. The molecule has 0 aliphatic rings. The lowest BCUT2D eigenvalue weighted by Gasteiger charge is -2.08. The number of rotatable bonds is 6. The summed E-state index contributed by atoms with van der Waals surface area (Å²) in [6.07, 6.45) is 2.98. The van der Waals surface area contributed by atoms with Crippen molar-refractivity contribution in [3.63, 3.8) is 0 Å². The number of hydrogen-bond donors (Lipinski definition) is 2. The Morgan fingerprint density at radius 3 is 2.58 bits per heavy atom. The van der Waals surface area contributed by atoms with Crippen molar-refractivity contribution in [1.82, 2.24) is 15.3 Å². The molecule has 0 bridgehead atoms. The van der Waals surface area contributed by atoms with E-state index in [1.165, 1.54) is 18.0 Å². The summed E-state index contributed by atoms with van der Waals surface area (Å²) in [7, 11) is 1.61. The molecular formula is C20H20N4O2. The van der Waals surface area contributed by atoms with Gasteiger partial charge < -0.3 is 15.4 Å². The van der Waals surface area contributed by atoms with Crippen LogP contribution >= 0.6 is 0 Å². The molecule has 0 saturated heterocycles. The molecule has 0 spiro atoms. The van der Waals surface area contributed by atoms with Crippen LogP contribution in [0.4, 0.5) is 11.5 Å². The van der Waals surface area contributed by atoms with E-state index in [1.807, 2.05) is 55.5 Å². The first kappa shape index (κ1) is 17.4. The molecule has 1 amide bonds. The molecule has 6 nitrogen and oxygen atoms in total. The van der Waals surface area contributed by atoms with Gasteiger partial charge in [-0.2, -0.15) is 0 Å². The minimum Gasteiger partial charge on any atom is -0.497 e. The average molecular weight is 348 g/mol. The van der Waals surface area contributed by atoms with Crippen LogP contribution in [0.2, 0.25) is 0 Å². The Morgan fingerprint density at radius 1 is 1.08 bits per heavy atom. The quantitative estimate of drug-likeness (QED) is 0.713. The van der Waals surface area contributed by atoms with E-state index >= 15 is 0 Å². The number of aryl methyl sites for hydroxylation is 1. The fourth-order valence-corrected chi connectivity index (χ4v) is 2.34. The molecule has 2 aromatic carbocycles. The molecule has 6 heteroatoms. The Morgan fingerprint density at radius 2 is 1.88 bits per heavy atom. The zero-order chi connectivity index (χ0) is 18.4. The summed E-state index contributed by atoms with van der Waals surface area (Å²) >= 11 is 0. The summed E-state index contributed by atoms with van der Waals surface area (Å²) in [6.45, 7) is 2.48. The van der Waals surface area contributed by atoms with Crippen molar-refractivity contribution in [2.75, 3.05) is 12.4 Å². The Labute approximate surface area is 152 Å². The third-order valence-electron chi connectivity index (χ3n) is 3.80. The van der Waals surface area contributed by atoms with Crippen LogP contribution in [0.15, 0.2) is 60.9 Å². The van der Waals surface area contributed by atoms with Crippen molar-refractivity contribution in [2.24, 2.45) is 0 Å². The smallest absolute Gasteiger partial charge is 0.271 e. The number of nitrogens with zero attached hydrogens (tertiary/aromatic N) is 2. The van der Waals surface area contributed by atoms with Gasteiger partial charge in [0.05, 0.1) is 19.5 Å². The standard InChI is InChI=1S/C20H20N4O2/c1-14-6-8-15(9-7-14)11-23-20(25)18-12-22-19(13-21-18)24-16-4-3-5-17(10-16)26-2/h3-10,12-13H,11H2,1-2H3,(H,22,24)(H,23,25). The van der Waals surface area contributed by atoms with E-state index in [9.17, 15) is 4.79 Å². The maximum atomic E-state index is 12.2. The van der Waals surface area contributed by atoms with Crippen LogP contribution in [-0.2, 0) is 6.54 Å². The number of carbonyl (C=O) groups is 1.